The first-order chi connectivity index (χ1) is 10.9. The Morgan fingerprint density at radius 3 is 2.70 bits per heavy atom. The fraction of sp³-hybridized carbons (Fsp3) is 0.0667. The fourth-order valence-corrected chi connectivity index (χ4v) is 2.02. The summed E-state index contributed by atoms with van der Waals surface area (Å²) in [5.41, 5.74) is 2.35. The molecule has 2 rings (SSSR count). The lowest BCUT2D eigenvalue weighted by Gasteiger charge is -2.09. The summed E-state index contributed by atoms with van der Waals surface area (Å²) in [6.45, 7) is -0.564. The first kappa shape index (κ1) is 16.0. The van der Waals surface area contributed by atoms with Crippen LogP contribution in [0.5, 0.6) is 5.75 Å². The van der Waals surface area contributed by atoms with E-state index in [0.717, 1.165) is 5.46 Å². The number of pyridine rings is 1. The van der Waals surface area contributed by atoms with Crippen LogP contribution in [0.1, 0.15) is 16.1 Å². The van der Waals surface area contributed by atoms with E-state index in [0.29, 0.717) is 16.7 Å². The van der Waals surface area contributed by atoms with E-state index >= 15 is 0 Å². The van der Waals surface area contributed by atoms with E-state index in [-0.39, 0.29) is 11.4 Å². The second kappa shape index (κ2) is 6.62. The Morgan fingerprint density at radius 1 is 1.35 bits per heavy atom. The quantitative estimate of drug-likeness (QED) is 0.648. The second-order valence-corrected chi connectivity index (χ2v) is 4.81. The molecule has 0 fully saturated rings. The lowest BCUT2D eigenvalue weighted by atomic mass is 9.86. The Kier molecular flexibility index (Phi) is 4.62. The van der Waals surface area contributed by atoms with Gasteiger partial charge in [0, 0.05) is 11.8 Å². The van der Waals surface area contributed by atoms with Crippen LogP contribution < -0.4 is 10.8 Å². The second-order valence-electron chi connectivity index (χ2n) is 4.81. The van der Waals surface area contributed by atoms with Gasteiger partial charge in [0.15, 0.2) is 5.69 Å². The maximum absolute atomic E-state index is 11.7. The minimum atomic E-state index is -1.20. The molecular formula is C15H12BN3O4. The predicted octanol–water partition coefficient (Wildman–Crippen LogP) is -0.601. The van der Waals surface area contributed by atoms with Crippen molar-refractivity contribution >= 4 is 25.2 Å². The van der Waals surface area contributed by atoms with Crippen LogP contribution in [-0.2, 0) is 4.79 Å². The minimum absolute atomic E-state index is 0.260. The van der Waals surface area contributed by atoms with Gasteiger partial charge >= 0.3 is 5.97 Å². The summed E-state index contributed by atoms with van der Waals surface area (Å²) in [4.78, 5) is 26.1. The molecule has 0 aliphatic heterocycles. The van der Waals surface area contributed by atoms with Gasteiger partial charge in [-0.25, -0.2) is 4.98 Å². The highest BCUT2D eigenvalue weighted by Gasteiger charge is 2.15. The molecular weight excluding hydrogens is 297 g/mol. The topological polar surface area (TPSA) is 123 Å². The summed E-state index contributed by atoms with van der Waals surface area (Å²) < 4.78 is 0. The third-order valence-corrected chi connectivity index (χ3v) is 3.16. The molecule has 3 N–H and O–H groups in total. The van der Waals surface area contributed by atoms with Gasteiger partial charge in [-0.3, -0.25) is 9.59 Å². The van der Waals surface area contributed by atoms with Gasteiger partial charge in [0.1, 0.15) is 20.1 Å². The van der Waals surface area contributed by atoms with E-state index in [1.165, 1.54) is 12.3 Å². The van der Waals surface area contributed by atoms with Crippen LogP contribution in [0.15, 0.2) is 30.5 Å². The highest BCUT2D eigenvalue weighted by atomic mass is 16.4. The molecule has 23 heavy (non-hydrogen) atoms. The molecule has 0 unspecified atom stereocenters. The number of carboxylic acids is 1. The zero-order valence-electron chi connectivity index (χ0n) is 12.2. The van der Waals surface area contributed by atoms with Crippen LogP contribution >= 0.6 is 0 Å². The van der Waals surface area contributed by atoms with E-state index in [9.17, 15) is 14.7 Å². The Labute approximate surface area is 132 Å². The molecule has 1 aromatic carbocycles. The lowest BCUT2D eigenvalue weighted by Crippen LogP contribution is -2.29. The molecule has 7 nitrogen and oxygen atoms in total. The van der Waals surface area contributed by atoms with E-state index in [4.69, 9.17) is 10.4 Å². The Morgan fingerprint density at radius 2 is 2.09 bits per heavy atom. The van der Waals surface area contributed by atoms with Crippen LogP contribution in [0.25, 0.3) is 11.1 Å². The van der Waals surface area contributed by atoms with Crippen molar-refractivity contribution in [2.75, 3.05) is 6.54 Å². The number of carbonyl (C=O) groups is 2. The minimum Gasteiger partial charge on any atom is -0.505 e. The van der Waals surface area contributed by atoms with Crippen LogP contribution in [0.3, 0.4) is 0 Å². The molecule has 0 aliphatic rings. The third kappa shape index (κ3) is 3.65. The van der Waals surface area contributed by atoms with Crippen molar-refractivity contribution in [1.82, 2.24) is 10.3 Å². The van der Waals surface area contributed by atoms with E-state index in [2.05, 4.69) is 10.3 Å². The van der Waals surface area contributed by atoms with Gasteiger partial charge in [0.25, 0.3) is 5.91 Å². The Hall–Kier alpha value is -3.34. The molecule has 0 atom stereocenters. The summed E-state index contributed by atoms with van der Waals surface area (Å²) in [5.74, 6) is -2.34. The number of aromatic nitrogens is 1. The van der Waals surface area contributed by atoms with Gasteiger partial charge in [0.2, 0.25) is 0 Å². The van der Waals surface area contributed by atoms with Gasteiger partial charge in [-0.1, -0.05) is 11.5 Å². The molecule has 0 saturated heterocycles. The molecule has 0 aliphatic carbocycles. The molecule has 8 heteroatoms. The number of nitrogens with zero attached hydrogens (tertiary/aromatic N) is 2. The number of nitriles is 1. The van der Waals surface area contributed by atoms with Gasteiger partial charge in [-0.15, -0.1) is 0 Å². The number of aliphatic carboxylic acids is 1. The maximum Gasteiger partial charge on any atom is 0.322 e. The van der Waals surface area contributed by atoms with Gasteiger partial charge in [-0.2, -0.15) is 5.26 Å². The van der Waals surface area contributed by atoms with Crippen LogP contribution in [0, 0.1) is 11.3 Å². The lowest BCUT2D eigenvalue weighted by molar-refractivity contribution is -0.135. The highest BCUT2D eigenvalue weighted by molar-refractivity contribution is 6.36. The van der Waals surface area contributed by atoms with Crippen molar-refractivity contribution in [3.63, 3.8) is 0 Å². The first-order valence-corrected chi connectivity index (χ1v) is 6.62. The van der Waals surface area contributed by atoms with Crippen LogP contribution in [-0.4, -0.2) is 41.5 Å². The predicted molar refractivity (Wildman–Crippen MR) is 84.2 cm³/mol. The zero-order chi connectivity index (χ0) is 17.0. The van der Waals surface area contributed by atoms with E-state index in [1.807, 2.05) is 13.9 Å². The number of nitrogens with one attached hydrogen (secondary N) is 1. The van der Waals surface area contributed by atoms with Gasteiger partial charge in [0.05, 0.1) is 11.6 Å². The number of benzene rings is 1. The smallest absolute Gasteiger partial charge is 0.322 e. The first-order valence-electron chi connectivity index (χ1n) is 6.62. The van der Waals surface area contributed by atoms with Crippen molar-refractivity contribution in [3.05, 3.63) is 41.7 Å². The molecule has 0 saturated carbocycles. The van der Waals surface area contributed by atoms with Crippen LogP contribution in [0.4, 0.5) is 0 Å². The molecule has 0 bridgehead atoms. The molecule has 0 spiro atoms. The number of rotatable bonds is 4. The number of carbonyl (C=O) groups excluding carboxylic acids is 1. The molecule has 114 valence electrons. The average Bonchev–Trinajstić information content (AvgIpc) is 2.53. The normalized spacial score (nSPS) is 9.87. The number of carboxylic acid groups (broad SMARTS) is 1. The van der Waals surface area contributed by atoms with Crippen LogP contribution in [0.2, 0.25) is 0 Å². The van der Waals surface area contributed by atoms with Crippen molar-refractivity contribution in [1.29, 1.82) is 5.26 Å². The maximum atomic E-state index is 11.7. The number of hydrogen-bond donors (Lipinski definition) is 3. The number of aromatic hydroxyl groups is 1. The summed E-state index contributed by atoms with van der Waals surface area (Å²) >= 11 is 0. The highest BCUT2D eigenvalue weighted by Crippen LogP contribution is 2.24. The van der Waals surface area contributed by atoms with Crippen molar-refractivity contribution in [3.8, 4) is 22.9 Å². The van der Waals surface area contributed by atoms with Crippen molar-refractivity contribution < 1.29 is 19.8 Å². The molecule has 1 heterocycles. The van der Waals surface area contributed by atoms with Crippen molar-refractivity contribution in [2.24, 2.45) is 0 Å². The molecule has 0 radical (unpaired) electrons. The Balaban J connectivity index is 2.35. The SMILES string of the molecule is Bc1ccc(C#N)cc1-c1cnc(C(=O)NCC(=O)O)c(O)c1. The standard InChI is InChI=1S/C15H12BN3O4/c16-11-2-1-8(5-17)3-10(11)9-4-12(20)14(18-6-9)15(23)19-7-13(21)22/h1-4,6,20H,7,16H2,(H,19,23)(H,21,22). The molecule has 1 amide bonds. The largest absolute Gasteiger partial charge is 0.505 e. The van der Waals surface area contributed by atoms with Gasteiger partial charge < -0.3 is 15.5 Å². The molecule has 1 aromatic heterocycles. The van der Waals surface area contributed by atoms with E-state index in [1.54, 1.807) is 18.2 Å². The third-order valence-electron chi connectivity index (χ3n) is 3.16. The Bertz CT molecular complexity index is 830. The summed E-state index contributed by atoms with van der Waals surface area (Å²) in [7, 11) is 1.85. The summed E-state index contributed by atoms with van der Waals surface area (Å²) in [5, 5.41) is 29.6. The van der Waals surface area contributed by atoms with Crippen molar-refractivity contribution in [2.45, 2.75) is 0 Å². The van der Waals surface area contributed by atoms with E-state index < -0.39 is 18.4 Å². The summed E-state index contributed by atoms with van der Waals surface area (Å²) in [6.07, 6.45) is 1.39. The van der Waals surface area contributed by atoms with Gasteiger partial charge in [-0.05, 0) is 23.8 Å². The monoisotopic (exact) mass is 309 g/mol. The fourth-order valence-electron chi connectivity index (χ4n) is 2.02. The zero-order valence-corrected chi connectivity index (χ0v) is 12.2. The summed E-state index contributed by atoms with van der Waals surface area (Å²) in [6, 6.07) is 8.51. The number of hydrogen-bond acceptors (Lipinski definition) is 5. The average molecular weight is 309 g/mol. The molecule has 2 aromatic rings. The number of amides is 1.